The molecule has 6 N–H and O–H groups in total. The van der Waals surface area contributed by atoms with Crippen LogP contribution in [0.1, 0.15) is 23.2 Å². The van der Waals surface area contributed by atoms with Gasteiger partial charge in [-0.1, -0.05) is 12.1 Å². The number of carboxylic acid groups (broad SMARTS) is 2. The summed E-state index contributed by atoms with van der Waals surface area (Å²) in [5, 5.41) is 17.5. The molecule has 8 nitrogen and oxygen atoms in total. The van der Waals surface area contributed by atoms with E-state index in [4.69, 9.17) is 15.9 Å². The first-order chi connectivity index (χ1) is 9.41. The summed E-state index contributed by atoms with van der Waals surface area (Å²) in [4.78, 5) is 32.9. The van der Waals surface area contributed by atoms with Crippen molar-refractivity contribution in [3.63, 3.8) is 0 Å². The van der Waals surface area contributed by atoms with Crippen molar-refractivity contribution in [2.75, 3.05) is 5.43 Å². The van der Waals surface area contributed by atoms with Gasteiger partial charge in [-0.2, -0.15) is 0 Å². The van der Waals surface area contributed by atoms with Gasteiger partial charge in [0, 0.05) is 6.42 Å². The summed E-state index contributed by atoms with van der Waals surface area (Å²) in [5.74, 6) is -2.79. The van der Waals surface area contributed by atoms with Crippen LogP contribution < -0.4 is 16.6 Å². The van der Waals surface area contributed by atoms with Gasteiger partial charge in [-0.05, 0) is 18.6 Å². The Balaban J connectivity index is 2.49. The number of anilines is 1. The molecule has 1 atom stereocenters. The molecule has 0 aromatic heterocycles. The standard InChI is InChI=1S/C12H15N3O5/c13-8(12(19)20)5-6-10(16)15-14-9-4-2-1-3-7(9)11(17)18/h1-4,8,14H,5-6,13H2,(H,15,16)(H,17,18)(H,19,20)/t8-/m0/s1. The molecule has 108 valence electrons. The molecule has 0 bridgehead atoms. The minimum atomic E-state index is -1.18. The Labute approximate surface area is 114 Å². The number of para-hydroxylation sites is 1. The first-order valence-electron chi connectivity index (χ1n) is 5.77. The van der Waals surface area contributed by atoms with Gasteiger partial charge in [0.1, 0.15) is 6.04 Å². The fourth-order valence-electron chi connectivity index (χ4n) is 1.39. The van der Waals surface area contributed by atoms with Crippen molar-refractivity contribution in [1.29, 1.82) is 0 Å². The van der Waals surface area contributed by atoms with E-state index in [-0.39, 0.29) is 24.1 Å². The first kappa shape index (κ1) is 15.4. The quantitative estimate of drug-likeness (QED) is 0.443. The van der Waals surface area contributed by atoms with Gasteiger partial charge in [0.15, 0.2) is 0 Å². The molecule has 20 heavy (non-hydrogen) atoms. The maximum absolute atomic E-state index is 11.5. The average molecular weight is 281 g/mol. The molecule has 0 unspecified atom stereocenters. The Morgan fingerprint density at radius 1 is 1.20 bits per heavy atom. The molecule has 0 aliphatic heterocycles. The lowest BCUT2D eigenvalue weighted by Gasteiger charge is -2.11. The summed E-state index contributed by atoms with van der Waals surface area (Å²) >= 11 is 0. The highest BCUT2D eigenvalue weighted by atomic mass is 16.4. The van der Waals surface area contributed by atoms with Crippen LogP contribution in [0.2, 0.25) is 0 Å². The number of aliphatic carboxylic acids is 1. The minimum absolute atomic E-state index is 0.00929. The fraction of sp³-hybridized carbons (Fsp3) is 0.250. The van der Waals surface area contributed by atoms with Crippen LogP contribution in [0.5, 0.6) is 0 Å². The lowest BCUT2D eigenvalue weighted by atomic mass is 10.1. The van der Waals surface area contributed by atoms with E-state index in [1.165, 1.54) is 12.1 Å². The number of carbonyl (C=O) groups excluding carboxylic acids is 1. The number of benzene rings is 1. The van der Waals surface area contributed by atoms with Crippen molar-refractivity contribution >= 4 is 23.5 Å². The molecular weight excluding hydrogens is 266 g/mol. The maximum atomic E-state index is 11.5. The number of hydrazine groups is 1. The second-order valence-corrected chi connectivity index (χ2v) is 4.01. The number of rotatable bonds is 7. The van der Waals surface area contributed by atoms with Crippen LogP contribution in [0, 0.1) is 0 Å². The molecule has 1 rings (SSSR count). The predicted molar refractivity (Wildman–Crippen MR) is 70.0 cm³/mol. The summed E-state index contributed by atoms with van der Waals surface area (Å²) in [5.41, 5.74) is 10.3. The molecule has 1 aromatic rings. The van der Waals surface area contributed by atoms with E-state index < -0.39 is 23.9 Å². The summed E-state index contributed by atoms with van der Waals surface area (Å²) in [6, 6.07) is 4.94. The molecule has 0 saturated carbocycles. The molecule has 0 radical (unpaired) electrons. The van der Waals surface area contributed by atoms with Gasteiger partial charge < -0.3 is 15.9 Å². The van der Waals surface area contributed by atoms with Crippen LogP contribution in [-0.2, 0) is 9.59 Å². The Morgan fingerprint density at radius 3 is 2.45 bits per heavy atom. The molecule has 1 aromatic carbocycles. The van der Waals surface area contributed by atoms with E-state index in [0.29, 0.717) is 0 Å². The number of hydrogen-bond donors (Lipinski definition) is 5. The van der Waals surface area contributed by atoms with Gasteiger partial charge in [-0.3, -0.25) is 20.4 Å². The van der Waals surface area contributed by atoms with Gasteiger partial charge in [-0.25, -0.2) is 4.79 Å². The SMILES string of the molecule is N[C@@H](CCC(=O)NNc1ccccc1C(=O)O)C(=O)O. The fourth-order valence-corrected chi connectivity index (χ4v) is 1.39. The number of nitrogens with two attached hydrogens (primary N) is 1. The van der Waals surface area contributed by atoms with Crippen molar-refractivity contribution < 1.29 is 24.6 Å². The smallest absolute Gasteiger partial charge is 0.337 e. The van der Waals surface area contributed by atoms with Crippen molar-refractivity contribution in [1.82, 2.24) is 5.43 Å². The van der Waals surface area contributed by atoms with Gasteiger partial charge >= 0.3 is 11.9 Å². The Bertz CT molecular complexity index is 518. The Kier molecular flexibility index (Phi) is 5.48. The number of amides is 1. The number of aromatic carboxylic acids is 1. The number of carbonyl (C=O) groups is 3. The lowest BCUT2D eigenvalue weighted by molar-refractivity contribution is -0.138. The number of nitrogens with one attached hydrogen (secondary N) is 2. The lowest BCUT2D eigenvalue weighted by Crippen LogP contribution is -2.34. The van der Waals surface area contributed by atoms with Crippen molar-refractivity contribution in [2.45, 2.75) is 18.9 Å². The van der Waals surface area contributed by atoms with E-state index in [1.54, 1.807) is 12.1 Å². The summed E-state index contributed by atoms with van der Waals surface area (Å²) < 4.78 is 0. The molecule has 0 spiro atoms. The van der Waals surface area contributed by atoms with Crippen LogP contribution in [0.4, 0.5) is 5.69 Å². The highest BCUT2D eigenvalue weighted by Gasteiger charge is 2.14. The second kappa shape index (κ2) is 7.10. The van der Waals surface area contributed by atoms with Crippen molar-refractivity contribution in [2.24, 2.45) is 5.73 Å². The van der Waals surface area contributed by atoms with Gasteiger partial charge in [0.05, 0.1) is 11.3 Å². The molecular formula is C12H15N3O5. The highest BCUT2D eigenvalue weighted by molar-refractivity contribution is 5.94. The third-order valence-corrected chi connectivity index (χ3v) is 2.49. The van der Waals surface area contributed by atoms with E-state index >= 15 is 0 Å². The number of hydrogen-bond acceptors (Lipinski definition) is 5. The molecule has 0 fully saturated rings. The summed E-state index contributed by atoms with van der Waals surface area (Å²) in [7, 11) is 0. The zero-order valence-corrected chi connectivity index (χ0v) is 10.5. The molecule has 8 heteroatoms. The van der Waals surface area contributed by atoms with Crippen LogP contribution in [-0.4, -0.2) is 34.1 Å². The highest BCUT2D eigenvalue weighted by Crippen LogP contribution is 2.13. The molecule has 1 amide bonds. The van der Waals surface area contributed by atoms with E-state index in [9.17, 15) is 14.4 Å². The average Bonchev–Trinajstić information content (AvgIpc) is 2.42. The minimum Gasteiger partial charge on any atom is -0.480 e. The largest absolute Gasteiger partial charge is 0.480 e. The van der Waals surface area contributed by atoms with Crippen molar-refractivity contribution in [3.8, 4) is 0 Å². The van der Waals surface area contributed by atoms with Crippen LogP contribution in [0.15, 0.2) is 24.3 Å². The summed E-state index contributed by atoms with van der Waals surface area (Å²) in [6.45, 7) is 0. The Hall–Kier alpha value is -2.61. The van der Waals surface area contributed by atoms with Crippen molar-refractivity contribution in [3.05, 3.63) is 29.8 Å². The van der Waals surface area contributed by atoms with Gasteiger partial charge in [-0.15, -0.1) is 0 Å². The molecule has 0 heterocycles. The third kappa shape index (κ3) is 4.58. The topological polar surface area (TPSA) is 142 Å². The van der Waals surface area contributed by atoms with Crippen LogP contribution in [0.25, 0.3) is 0 Å². The third-order valence-electron chi connectivity index (χ3n) is 2.49. The molecule has 0 aliphatic carbocycles. The maximum Gasteiger partial charge on any atom is 0.337 e. The van der Waals surface area contributed by atoms with Crippen LogP contribution in [0.3, 0.4) is 0 Å². The molecule has 0 saturated heterocycles. The molecule has 0 aliphatic rings. The van der Waals surface area contributed by atoms with E-state index in [0.717, 1.165) is 0 Å². The zero-order valence-electron chi connectivity index (χ0n) is 10.5. The normalized spacial score (nSPS) is 11.4. The van der Waals surface area contributed by atoms with Gasteiger partial charge in [0.2, 0.25) is 5.91 Å². The second-order valence-electron chi connectivity index (χ2n) is 4.01. The first-order valence-corrected chi connectivity index (χ1v) is 5.77. The number of carboxylic acids is 2. The summed E-state index contributed by atoms with van der Waals surface area (Å²) in [6.07, 6.45) is -0.0981. The zero-order chi connectivity index (χ0) is 15.1. The Morgan fingerprint density at radius 2 is 1.85 bits per heavy atom. The predicted octanol–water partition coefficient (Wildman–Crippen LogP) is 0.0200. The van der Waals surface area contributed by atoms with Crippen LogP contribution >= 0.6 is 0 Å². The van der Waals surface area contributed by atoms with Gasteiger partial charge in [0.25, 0.3) is 0 Å². The van der Waals surface area contributed by atoms with E-state index in [2.05, 4.69) is 10.9 Å². The monoisotopic (exact) mass is 281 g/mol. The van der Waals surface area contributed by atoms with E-state index in [1.807, 2.05) is 0 Å².